The molecule has 0 fully saturated rings. The Morgan fingerprint density at radius 2 is 1.90 bits per heavy atom. The largest absolute Gasteiger partial charge is 0.452 e. The molecule has 3 rings (SSSR count). The molecule has 0 unspecified atom stereocenters. The van der Waals surface area contributed by atoms with Crippen LogP contribution in [0, 0.1) is 0 Å². The normalized spacial score (nSPS) is 15.3. The molecule has 0 amide bonds. The summed E-state index contributed by atoms with van der Waals surface area (Å²) in [4.78, 5) is 12.2. The van der Waals surface area contributed by atoms with E-state index < -0.39 is 0 Å². The van der Waals surface area contributed by atoms with E-state index in [-0.39, 0.29) is 11.5 Å². The molecular weight excluding hydrogens is 363 g/mol. The summed E-state index contributed by atoms with van der Waals surface area (Å²) in [5.74, 6) is 0.643. The maximum atomic E-state index is 12.2. The van der Waals surface area contributed by atoms with Gasteiger partial charge in [0, 0.05) is 14.5 Å². The molecule has 20 heavy (non-hydrogen) atoms. The third-order valence-electron chi connectivity index (χ3n) is 2.88. The second kappa shape index (κ2) is 5.24. The van der Waals surface area contributed by atoms with Gasteiger partial charge in [-0.3, -0.25) is 4.79 Å². The molecule has 0 N–H and O–H groups in total. The number of Topliss-reactive ketones (excluding diaryl/α,β-unsaturated/α-hetero) is 1. The standard InChI is InChI=1S/C15H7BrCl2O2/c16-9-2-4-13-11(6-9)15(19)14(20-13)5-8-1-3-10(17)7-12(8)18/h1-7H/b14-5-. The van der Waals surface area contributed by atoms with Crippen molar-refractivity contribution in [2.45, 2.75) is 0 Å². The molecule has 0 bridgehead atoms. The molecule has 1 aliphatic heterocycles. The number of fused-ring (bicyclic) bond motifs is 1. The van der Waals surface area contributed by atoms with Crippen LogP contribution in [0.3, 0.4) is 0 Å². The Hall–Kier alpha value is -1.29. The van der Waals surface area contributed by atoms with Gasteiger partial charge in [0.15, 0.2) is 5.76 Å². The molecule has 0 spiro atoms. The molecule has 1 heterocycles. The number of ether oxygens (including phenoxy) is 1. The van der Waals surface area contributed by atoms with Crippen molar-refractivity contribution in [3.63, 3.8) is 0 Å². The second-order valence-corrected chi connectivity index (χ2v) is 6.01. The van der Waals surface area contributed by atoms with Crippen LogP contribution in [0.25, 0.3) is 6.08 Å². The third-order valence-corrected chi connectivity index (χ3v) is 3.93. The van der Waals surface area contributed by atoms with E-state index in [1.54, 1.807) is 36.4 Å². The van der Waals surface area contributed by atoms with Crippen molar-refractivity contribution in [3.8, 4) is 5.75 Å². The highest BCUT2D eigenvalue weighted by Crippen LogP contribution is 2.34. The number of hydrogen-bond acceptors (Lipinski definition) is 2. The zero-order valence-electron chi connectivity index (χ0n) is 9.99. The molecule has 2 aromatic rings. The molecular formula is C15H7BrCl2O2. The average molecular weight is 370 g/mol. The van der Waals surface area contributed by atoms with E-state index in [4.69, 9.17) is 27.9 Å². The fourth-order valence-electron chi connectivity index (χ4n) is 1.92. The van der Waals surface area contributed by atoms with Crippen molar-refractivity contribution in [3.05, 3.63) is 67.8 Å². The van der Waals surface area contributed by atoms with Gasteiger partial charge in [0.1, 0.15) is 5.75 Å². The fourth-order valence-corrected chi connectivity index (χ4v) is 2.75. The van der Waals surface area contributed by atoms with Crippen molar-refractivity contribution in [1.29, 1.82) is 0 Å². The Morgan fingerprint density at radius 3 is 2.65 bits per heavy atom. The van der Waals surface area contributed by atoms with E-state index in [1.807, 2.05) is 6.07 Å². The molecule has 2 aromatic carbocycles. The number of carbonyl (C=O) groups excluding carboxylic acids is 1. The summed E-state index contributed by atoms with van der Waals surface area (Å²) in [6, 6.07) is 10.4. The first-order valence-corrected chi connectivity index (χ1v) is 7.28. The fraction of sp³-hybridized carbons (Fsp3) is 0. The van der Waals surface area contributed by atoms with Crippen LogP contribution < -0.4 is 4.74 Å². The van der Waals surface area contributed by atoms with Crippen molar-refractivity contribution in [2.24, 2.45) is 0 Å². The Labute approximate surface area is 134 Å². The van der Waals surface area contributed by atoms with Gasteiger partial charge in [0.05, 0.1) is 5.56 Å². The van der Waals surface area contributed by atoms with Gasteiger partial charge in [-0.05, 0) is 42.0 Å². The number of allylic oxidation sites excluding steroid dienone is 1. The first-order chi connectivity index (χ1) is 9.54. The number of carbonyl (C=O) groups is 1. The lowest BCUT2D eigenvalue weighted by Gasteiger charge is -2.01. The molecule has 0 aliphatic carbocycles. The lowest BCUT2D eigenvalue weighted by molar-refractivity contribution is 0.101. The highest BCUT2D eigenvalue weighted by atomic mass is 79.9. The van der Waals surface area contributed by atoms with Crippen LogP contribution in [0.2, 0.25) is 10.0 Å². The Balaban J connectivity index is 2.01. The number of hydrogen-bond donors (Lipinski definition) is 0. The molecule has 0 saturated heterocycles. The van der Waals surface area contributed by atoms with Crippen LogP contribution >= 0.6 is 39.1 Å². The second-order valence-electron chi connectivity index (χ2n) is 4.25. The van der Waals surface area contributed by atoms with Crippen LogP contribution in [-0.2, 0) is 0 Å². The van der Waals surface area contributed by atoms with E-state index in [1.165, 1.54) is 0 Å². The maximum absolute atomic E-state index is 12.2. The Kier molecular flexibility index (Phi) is 3.59. The first kappa shape index (κ1) is 13.7. The Morgan fingerprint density at radius 1 is 1.10 bits per heavy atom. The van der Waals surface area contributed by atoms with Gasteiger partial charge >= 0.3 is 0 Å². The molecule has 0 aromatic heterocycles. The van der Waals surface area contributed by atoms with Gasteiger partial charge in [-0.1, -0.05) is 45.2 Å². The molecule has 0 atom stereocenters. The summed E-state index contributed by atoms with van der Waals surface area (Å²) in [5, 5.41) is 1.02. The molecule has 2 nitrogen and oxygen atoms in total. The summed E-state index contributed by atoms with van der Waals surface area (Å²) in [7, 11) is 0. The summed E-state index contributed by atoms with van der Waals surface area (Å²) >= 11 is 15.3. The summed E-state index contributed by atoms with van der Waals surface area (Å²) in [6.07, 6.45) is 1.62. The van der Waals surface area contributed by atoms with Crippen LogP contribution in [0.1, 0.15) is 15.9 Å². The van der Waals surface area contributed by atoms with Crippen LogP contribution in [0.4, 0.5) is 0 Å². The summed E-state index contributed by atoms with van der Waals surface area (Å²) < 4.78 is 6.39. The van der Waals surface area contributed by atoms with E-state index in [0.29, 0.717) is 26.9 Å². The minimum atomic E-state index is -0.160. The zero-order valence-corrected chi connectivity index (χ0v) is 13.1. The van der Waals surface area contributed by atoms with Gasteiger partial charge in [-0.25, -0.2) is 0 Å². The van der Waals surface area contributed by atoms with Crippen LogP contribution in [0.15, 0.2) is 46.6 Å². The lowest BCUT2D eigenvalue weighted by Crippen LogP contribution is -1.98. The summed E-state index contributed by atoms with van der Waals surface area (Å²) in [5.41, 5.74) is 1.22. The zero-order chi connectivity index (χ0) is 14.3. The average Bonchev–Trinajstić information content (AvgIpc) is 2.70. The smallest absolute Gasteiger partial charge is 0.232 e. The quantitative estimate of drug-likeness (QED) is 0.631. The van der Waals surface area contributed by atoms with Gasteiger partial charge in [-0.15, -0.1) is 0 Å². The van der Waals surface area contributed by atoms with E-state index >= 15 is 0 Å². The van der Waals surface area contributed by atoms with Crippen molar-refractivity contribution < 1.29 is 9.53 Å². The van der Waals surface area contributed by atoms with Crippen LogP contribution in [-0.4, -0.2) is 5.78 Å². The third kappa shape index (κ3) is 2.49. The lowest BCUT2D eigenvalue weighted by atomic mass is 10.1. The predicted octanol–water partition coefficient (Wildman–Crippen LogP) is 5.37. The van der Waals surface area contributed by atoms with Gasteiger partial charge in [0.25, 0.3) is 0 Å². The topological polar surface area (TPSA) is 26.3 Å². The van der Waals surface area contributed by atoms with Crippen molar-refractivity contribution in [1.82, 2.24) is 0 Å². The highest BCUT2D eigenvalue weighted by molar-refractivity contribution is 9.10. The summed E-state index contributed by atoms with van der Waals surface area (Å²) in [6.45, 7) is 0. The van der Waals surface area contributed by atoms with Gasteiger partial charge < -0.3 is 4.74 Å². The minimum Gasteiger partial charge on any atom is -0.452 e. The first-order valence-electron chi connectivity index (χ1n) is 5.73. The predicted molar refractivity (Wildman–Crippen MR) is 83.5 cm³/mol. The number of rotatable bonds is 1. The SMILES string of the molecule is O=C1/C(=C/c2ccc(Cl)cc2Cl)Oc2ccc(Br)cc21. The van der Waals surface area contributed by atoms with E-state index in [9.17, 15) is 4.79 Å². The molecule has 1 aliphatic rings. The van der Waals surface area contributed by atoms with Crippen LogP contribution in [0.5, 0.6) is 5.75 Å². The number of benzene rings is 2. The Bertz CT molecular complexity index is 754. The van der Waals surface area contributed by atoms with Crippen molar-refractivity contribution in [2.75, 3.05) is 0 Å². The maximum Gasteiger partial charge on any atom is 0.232 e. The minimum absolute atomic E-state index is 0.160. The van der Waals surface area contributed by atoms with Crippen molar-refractivity contribution >= 4 is 51.0 Å². The number of halogens is 3. The monoisotopic (exact) mass is 368 g/mol. The molecule has 5 heteroatoms. The highest BCUT2D eigenvalue weighted by Gasteiger charge is 2.27. The molecule has 0 radical (unpaired) electrons. The van der Waals surface area contributed by atoms with E-state index in [0.717, 1.165) is 4.47 Å². The van der Waals surface area contributed by atoms with Gasteiger partial charge in [0.2, 0.25) is 5.78 Å². The van der Waals surface area contributed by atoms with Gasteiger partial charge in [-0.2, -0.15) is 0 Å². The van der Waals surface area contributed by atoms with E-state index in [2.05, 4.69) is 15.9 Å². The molecule has 0 saturated carbocycles. The number of ketones is 1. The molecule has 100 valence electrons.